The van der Waals surface area contributed by atoms with Crippen molar-refractivity contribution in [1.29, 1.82) is 0 Å². The van der Waals surface area contributed by atoms with Gasteiger partial charge in [-0.3, -0.25) is 0 Å². The number of aliphatic imine (C=N–C) groups is 1. The highest BCUT2D eigenvalue weighted by molar-refractivity contribution is 5.96. The number of nitrogens with zero attached hydrogens (tertiary/aromatic N) is 1. The third-order valence-electron chi connectivity index (χ3n) is 3.07. The minimum Gasteiger partial charge on any atom is -0.496 e. The highest BCUT2D eigenvalue weighted by Crippen LogP contribution is 2.29. The van der Waals surface area contributed by atoms with Crippen LogP contribution >= 0.6 is 0 Å². The van der Waals surface area contributed by atoms with Crippen LogP contribution in [0.5, 0.6) is 5.75 Å². The molecule has 18 heavy (non-hydrogen) atoms. The summed E-state index contributed by atoms with van der Waals surface area (Å²) >= 11 is 0. The first kappa shape index (κ1) is 12.9. The fourth-order valence-corrected chi connectivity index (χ4v) is 2.05. The molecule has 1 aromatic rings. The molecule has 0 saturated heterocycles. The van der Waals surface area contributed by atoms with Crippen LogP contribution < -0.4 is 4.74 Å². The van der Waals surface area contributed by atoms with E-state index in [2.05, 4.69) is 44.8 Å². The lowest BCUT2D eigenvalue weighted by Crippen LogP contribution is -2.17. The molecule has 1 aliphatic rings. The highest BCUT2D eigenvalue weighted by atomic mass is 16.5. The topological polar surface area (TPSA) is 30.8 Å². The van der Waals surface area contributed by atoms with Crippen LogP contribution in [0.2, 0.25) is 0 Å². The summed E-state index contributed by atoms with van der Waals surface area (Å²) in [5.41, 5.74) is 2.07. The van der Waals surface area contributed by atoms with Gasteiger partial charge in [0, 0.05) is 5.56 Å². The van der Waals surface area contributed by atoms with Gasteiger partial charge in [0.2, 0.25) is 5.90 Å². The molecule has 0 N–H and O–H groups in total. The van der Waals surface area contributed by atoms with E-state index in [4.69, 9.17) is 9.47 Å². The molecule has 1 heterocycles. The number of rotatable bonds is 3. The average Bonchev–Trinajstić information content (AvgIpc) is 2.68. The van der Waals surface area contributed by atoms with E-state index in [-0.39, 0.29) is 5.54 Å². The van der Waals surface area contributed by atoms with Crippen LogP contribution in [0, 0.1) is 0 Å². The maximum atomic E-state index is 5.65. The molecule has 3 heteroatoms. The van der Waals surface area contributed by atoms with Crippen LogP contribution in [-0.2, 0) is 4.74 Å². The summed E-state index contributed by atoms with van der Waals surface area (Å²) < 4.78 is 11.1. The molecule has 0 fully saturated rings. The SMILES string of the molecule is COc1cc(C2=NC(C)(C)CO2)ccc1C(C)C. The predicted molar refractivity (Wildman–Crippen MR) is 73.7 cm³/mol. The van der Waals surface area contributed by atoms with Gasteiger partial charge in [-0.2, -0.15) is 0 Å². The fourth-order valence-electron chi connectivity index (χ4n) is 2.05. The van der Waals surface area contributed by atoms with Crippen molar-refractivity contribution in [2.24, 2.45) is 4.99 Å². The van der Waals surface area contributed by atoms with Crippen molar-refractivity contribution in [3.05, 3.63) is 29.3 Å². The third kappa shape index (κ3) is 2.50. The third-order valence-corrected chi connectivity index (χ3v) is 3.07. The van der Waals surface area contributed by atoms with E-state index in [0.717, 1.165) is 11.3 Å². The van der Waals surface area contributed by atoms with Crippen LogP contribution in [0.4, 0.5) is 0 Å². The molecule has 0 atom stereocenters. The number of hydrogen-bond acceptors (Lipinski definition) is 3. The van der Waals surface area contributed by atoms with Crippen molar-refractivity contribution in [1.82, 2.24) is 0 Å². The Morgan fingerprint density at radius 3 is 2.56 bits per heavy atom. The molecule has 0 saturated carbocycles. The van der Waals surface area contributed by atoms with Gasteiger partial charge in [-0.05, 0) is 37.5 Å². The molecule has 1 aromatic carbocycles. The summed E-state index contributed by atoms with van der Waals surface area (Å²) in [6, 6.07) is 6.16. The van der Waals surface area contributed by atoms with Gasteiger partial charge in [-0.25, -0.2) is 4.99 Å². The quantitative estimate of drug-likeness (QED) is 0.820. The Morgan fingerprint density at radius 2 is 2.06 bits per heavy atom. The zero-order valence-corrected chi connectivity index (χ0v) is 11.8. The zero-order chi connectivity index (χ0) is 13.3. The Balaban J connectivity index is 2.37. The van der Waals surface area contributed by atoms with Gasteiger partial charge in [0.05, 0.1) is 12.6 Å². The van der Waals surface area contributed by atoms with Gasteiger partial charge in [0.1, 0.15) is 12.4 Å². The summed E-state index contributed by atoms with van der Waals surface area (Å²) in [5.74, 6) is 2.06. The summed E-state index contributed by atoms with van der Waals surface area (Å²) in [5, 5.41) is 0. The van der Waals surface area contributed by atoms with Crippen molar-refractivity contribution in [2.75, 3.05) is 13.7 Å². The van der Waals surface area contributed by atoms with Gasteiger partial charge in [-0.1, -0.05) is 19.9 Å². The molecule has 0 aromatic heterocycles. The van der Waals surface area contributed by atoms with Gasteiger partial charge >= 0.3 is 0 Å². The maximum absolute atomic E-state index is 5.65. The van der Waals surface area contributed by atoms with Gasteiger partial charge in [0.15, 0.2) is 0 Å². The number of hydrogen-bond donors (Lipinski definition) is 0. The van der Waals surface area contributed by atoms with Crippen LogP contribution in [-0.4, -0.2) is 25.2 Å². The van der Waals surface area contributed by atoms with Gasteiger partial charge in [0.25, 0.3) is 0 Å². The van der Waals surface area contributed by atoms with E-state index in [1.165, 1.54) is 5.56 Å². The summed E-state index contributed by atoms with van der Waals surface area (Å²) in [4.78, 5) is 4.58. The fraction of sp³-hybridized carbons (Fsp3) is 0.533. The molecule has 0 unspecified atom stereocenters. The summed E-state index contributed by atoms with van der Waals surface area (Å²) in [7, 11) is 1.70. The average molecular weight is 247 g/mol. The molecule has 98 valence electrons. The Labute approximate surface area is 109 Å². The Bertz CT molecular complexity index is 475. The maximum Gasteiger partial charge on any atom is 0.216 e. The van der Waals surface area contributed by atoms with E-state index >= 15 is 0 Å². The molecule has 0 amide bonds. The first-order valence-electron chi connectivity index (χ1n) is 6.34. The first-order valence-corrected chi connectivity index (χ1v) is 6.34. The van der Waals surface area contributed by atoms with Crippen LogP contribution in [0.3, 0.4) is 0 Å². The molecule has 0 spiro atoms. The lowest BCUT2D eigenvalue weighted by atomic mass is 10.00. The molecule has 0 aliphatic carbocycles. The molecular weight excluding hydrogens is 226 g/mol. The lowest BCUT2D eigenvalue weighted by molar-refractivity contribution is 0.279. The van der Waals surface area contributed by atoms with Crippen molar-refractivity contribution in [3.8, 4) is 5.75 Å². The number of methoxy groups -OCH3 is 1. The predicted octanol–water partition coefficient (Wildman–Crippen LogP) is 3.37. The van der Waals surface area contributed by atoms with Crippen molar-refractivity contribution in [2.45, 2.75) is 39.2 Å². The van der Waals surface area contributed by atoms with E-state index in [1.807, 2.05) is 6.07 Å². The van der Waals surface area contributed by atoms with Crippen LogP contribution in [0.1, 0.15) is 44.7 Å². The Kier molecular flexibility index (Phi) is 3.33. The molecule has 3 nitrogen and oxygen atoms in total. The van der Waals surface area contributed by atoms with E-state index in [1.54, 1.807) is 7.11 Å². The van der Waals surface area contributed by atoms with E-state index in [0.29, 0.717) is 18.4 Å². The van der Waals surface area contributed by atoms with Crippen molar-refractivity contribution < 1.29 is 9.47 Å². The summed E-state index contributed by atoms with van der Waals surface area (Å²) in [6.07, 6.45) is 0. The standard InChI is InChI=1S/C15H21NO2/c1-10(2)12-7-6-11(8-13(12)17-5)14-16-15(3,4)9-18-14/h6-8,10H,9H2,1-5H3. The Hall–Kier alpha value is -1.51. The molecular formula is C15H21NO2. The highest BCUT2D eigenvalue weighted by Gasteiger charge is 2.27. The number of ether oxygens (including phenoxy) is 2. The van der Waals surface area contributed by atoms with Gasteiger partial charge < -0.3 is 9.47 Å². The van der Waals surface area contributed by atoms with E-state index < -0.39 is 0 Å². The largest absolute Gasteiger partial charge is 0.496 e. The number of benzene rings is 1. The smallest absolute Gasteiger partial charge is 0.216 e. The Morgan fingerprint density at radius 1 is 1.33 bits per heavy atom. The zero-order valence-electron chi connectivity index (χ0n) is 11.8. The molecule has 0 bridgehead atoms. The second-order valence-electron chi connectivity index (χ2n) is 5.63. The minimum absolute atomic E-state index is 0.126. The monoisotopic (exact) mass is 247 g/mol. The molecule has 1 aliphatic heterocycles. The lowest BCUT2D eigenvalue weighted by Gasteiger charge is -2.13. The van der Waals surface area contributed by atoms with Crippen LogP contribution in [0.25, 0.3) is 0 Å². The normalized spacial score (nSPS) is 17.6. The summed E-state index contributed by atoms with van der Waals surface area (Å²) in [6.45, 7) is 9.09. The second-order valence-corrected chi connectivity index (χ2v) is 5.63. The van der Waals surface area contributed by atoms with Gasteiger partial charge in [-0.15, -0.1) is 0 Å². The van der Waals surface area contributed by atoms with Crippen molar-refractivity contribution in [3.63, 3.8) is 0 Å². The van der Waals surface area contributed by atoms with Crippen molar-refractivity contribution >= 4 is 5.90 Å². The first-order chi connectivity index (χ1) is 8.43. The second kappa shape index (κ2) is 4.63. The van der Waals surface area contributed by atoms with E-state index in [9.17, 15) is 0 Å². The molecule has 0 radical (unpaired) electrons. The molecule has 2 rings (SSSR count). The van der Waals surface area contributed by atoms with Crippen LogP contribution in [0.15, 0.2) is 23.2 Å². The minimum atomic E-state index is -0.126.